The lowest BCUT2D eigenvalue weighted by Crippen LogP contribution is -2.17. The first-order chi connectivity index (χ1) is 8.31. The standard InChI is InChI=1S/C14H19NO2S/c1-10(2)18(16,17)9-13-8-12-7-11(3)5-6-14(12)15(13)4/h5-8,10H,9H2,1-4H3. The zero-order valence-corrected chi connectivity index (χ0v) is 12.1. The summed E-state index contributed by atoms with van der Waals surface area (Å²) in [6.07, 6.45) is 0. The Bertz CT molecular complexity index is 681. The van der Waals surface area contributed by atoms with Gasteiger partial charge in [-0.2, -0.15) is 0 Å². The molecule has 18 heavy (non-hydrogen) atoms. The summed E-state index contributed by atoms with van der Waals surface area (Å²) >= 11 is 0. The van der Waals surface area contributed by atoms with Crippen LogP contribution in [-0.2, 0) is 22.6 Å². The molecule has 1 aromatic carbocycles. The van der Waals surface area contributed by atoms with E-state index in [-0.39, 0.29) is 11.0 Å². The number of fused-ring (bicyclic) bond motifs is 1. The molecule has 0 bridgehead atoms. The summed E-state index contributed by atoms with van der Waals surface area (Å²) in [5, 5.41) is 0.767. The van der Waals surface area contributed by atoms with Gasteiger partial charge in [0, 0.05) is 23.6 Å². The predicted octanol–water partition coefficient (Wildman–Crippen LogP) is 2.81. The van der Waals surface area contributed by atoms with Crippen molar-refractivity contribution < 1.29 is 8.42 Å². The molecule has 0 aliphatic heterocycles. The van der Waals surface area contributed by atoms with Gasteiger partial charge in [-0.1, -0.05) is 11.6 Å². The molecule has 0 spiro atoms. The summed E-state index contributed by atoms with van der Waals surface area (Å²) in [4.78, 5) is 0. The summed E-state index contributed by atoms with van der Waals surface area (Å²) in [7, 11) is -1.13. The lowest BCUT2D eigenvalue weighted by Gasteiger charge is -2.08. The van der Waals surface area contributed by atoms with Gasteiger partial charge in [0.25, 0.3) is 0 Å². The normalized spacial score (nSPS) is 12.5. The van der Waals surface area contributed by atoms with Crippen molar-refractivity contribution in [1.29, 1.82) is 0 Å². The molecule has 3 nitrogen and oxygen atoms in total. The van der Waals surface area contributed by atoms with Crippen LogP contribution in [0.15, 0.2) is 24.3 Å². The van der Waals surface area contributed by atoms with Crippen molar-refractivity contribution in [3.8, 4) is 0 Å². The first kappa shape index (κ1) is 13.1. The number of rotatable bonds is 3. The molecule has 0 N–H and O–H groups in total. The average molecular weight is 265 g/mol. The van der Waals surface area contributed by atoms with Crippen LogP contribution in [0.4, 0.5) is 0 Å². The van der Waals surface area contributed by atoms with Crippen molar-refractivity contribution in [1.82, 2.24) is 4.57 Å². The van der Waals surface area contributed by atoms with E-state index in [1.54, 1.807) is 13.8 Å². The highest BCUT2D eigenvalue weighted by Crippen LogP contribution is 2.22. The van der Waals surface area contributed by atoms with Crippen LogP contribution in [0.25, 0.3) is 10.9 Å². The number of hydrogen-bond acceptors (Lipinski definition) is 2. The third-order valence-corrected chi connectivity index (χ3v) is 5.50. The minimum atomic E-state index is -3.05. The van der Waals surface area contributed by atoms with Gasteiger partial charge in [0.05, 0.1) is 11.0 Å². The van der Waals surface area contributed by atoms with Gasteiger partial charge in [0.1, 0.15) is 0 Å². The highest BCUT2D eigenvalue weighted by molar-refractivity contribution is 7.91. The molecule has 0 aliphatic rings. The third-order valence-electron chi connectivity index (χ3n) is 3.36. The molecule has 0 unspecified atom stereocenters. The molecule has 2 aromatic rings. The van der Waals surface area contributed by atoms with Gasteiger partial charge in [0.2, 0.25) is 0 Å². The Kier molecular flexibility index (Phi) is 3.23. The van der Waals surface area contributed by atoms with Crippen LogP contribution in [0.5, 0.6) is 0 Å². The molecule has 0 amide bonds. The Morgan fingerprint density at radius 1 is 1.22 bits per heavy atom. The van der Waals surface area contributed by atoms with Crippen LogP contribution in [-0.4, -0.2) is 18.2 Å². The van der Waals surface area contributed by atoms with Crippen molar-refractivity contribution in [2.45, 2.75) is 31.8 Å². The van der Waals surface area contributed by atoms with Gasteiger partial charge in [-0.3, -0.25) is 0 Å². The Morgan fingerprint density at radius 3 is 2.50 bits per heavy atom. The molecular weight excluding hydrogens is 246 g/mol. The Labute approximate surface area is 108 Å². The van der Waals surface area contributed by atoms with E-state index in [9.17, 15) is 8.42 Å². The first-order valence-corrected chi connectivity index (χ1v) is 7.79. The van der Waals surface area contributed by atoms with Gasteiger partial charge in [-0.05, 0) is 39.0 Å². The second-order valence-electron chi connectivity index (χ2n) is 5.11. The molecule has 0 radical (unpaired) electrons. The molecule has 0 atom stereocenters. The molecule has 98 valence electrons. The summed E-state index contributed by atoms with van der Waals surface area (Å²) in [6, 6.07) is 8.14. The number of hydrogen-bond donors (Lipinski definition) is 0. The number of benzene rings is 1. The fourth-order valence-electron chi connectivity index (χ4n) is 2.04. The smallest absolute Gasteiger partial charge is 0.158 e. The Hall–Kier alpha value is -1.29. The van der Waals surface area contributed by atoms with Crippen molar-refractivity contribution in [3.05, 3.63) is 35.5 Å². The summed E-state index contributed by atoms with van der Waals surface area (Å²) < 4.78 is 25.9. The molecule has 2 rings (SSSR count). The highest BCUT2D eigenvalue weighted by Gasteiger charge is 2.19. The zero-order chi connectivity index (χ0) is 13.5. The monoisotopic (exact) mass is 265 g/mol. The number of aromatic nitrogens is 1. The lowest BCUT2D eigenvalue weighted by molar-refractivity contribution is 0.585. The van der Waals surface area contributed by atoms with Crippen molar-refractivity contribution in [2.24, 2.45) is 7.05 Å². The molecule has 1 aromatic heterocycles. The molecule has 0 aliphatic carbocycles. The Morgan fingerprint density at radius 2 is 1.89 bits per heavy atom. The maximum Gasteiger partial charge on any atom is 0.158 e. The molecule has 0 saturated heterocycles. The second-order valence-corrected chi connectivity index (χ2v) is 7.67. The lowest BCUT2D eigenvalue weighted by atomic mass is 10.2. The van der Waals surface area contributed by atoms with E-state index in [1.165, 1.54) is 5.56 Å². The largest absolute Gasteiger partial charge is 0.347 e. The minimum absolute atomic E-state index is 0.106. The molecular formula is C14H19NO2S. The maximum atomic E-state index is 12.0. The van der Waals surface area contributed by atoms with Crippen molar-refractivity contribution in [3.63, 3.8) is 0 Å². The van der Waals surface area contributed by atoms with Crippen molar-refractivity contribution >= 4 is 20.7 Å². The molecule has 0 saturated carbocycles. The van der Waals surface area contributed by atoms with E-state index < -0.39 is 9.84 Å². The van der Waals surface area contributed by atoms with E-state index in [0.717, 1.165) is 16.6 Å². The van der Waals surface area contributed by atoms with E-state index in [4.69, 9.17) is 0 Å². The van der Waals surface area contributed by atoms with Gasteiger partial charge in [0.15, 0.2) is 9.84 Å². The van der Waals surface area contributed by atoms with E-state index in [0.29, 0.717) is 0 Å². The molecule has 4 heteroatoms. The second kappa shape index (κ2) is 4.43. The summed E-state index contributed by atoms with van der Waals surface area (Å²) in [6.45, 7) is 5.49. The van der Waals surface area contributed by atoms with E-state index >= 15 is 0 Å². The van der Waals surface area contributed by atoms with Crippen LogP contribution >= 0.6 is 0 Å². The average Bonchev–Trinajstić information content (AvgIpc) is 2.54. The highest BCUT2D eigenvalue weighted by atomic mass is 32.2. The maximum absolute atomic E-state index is 12.0. The van der Waals surface area contributed by atoms with Gasteiger partial charge in [-0.25, -0.2) is 8.42 Å². The molecule has 1 heterocycles. The van der Waals surface area contributed by atoms with Crippen LogP contribution in [0.3, 0.4) is 0 Å². The van der Waals surface area contributed by atoms with Crippen LogP contribution in [0.2, 0.25) is 0 Å². The number of sulfone groups is 1. The predicted molar refractivity (Wildman–Crippen MR) is 75.4 cm³/mol. The van der Waals surface area contributed by atoms with Gasteiger partial charge >= 0.3 is 0 Å². The number of aryl methyl sites for hydroxylation is 2. The van der Waals surface area contributed by atoms with E-state index in [1.807, 2.05) is 36.7 Å². The van der Waals surface area contributed by atoms with Crippen LogP contribution < -0.4 is 0 Å². The fraction of sp³-hybridized carbons (Fsp3) is 0.429. The summed E-state index contributed by atoms with van der Waals surface area (Å²) in [5.41, 5.74) is 3.12. The van der Waals surface area contributed by atoms with Gasteiger partial charge in [-0.15, -0.1) is 0 Å². The van der Waals surface area contributed by atoms with Crippen LogP contribution in [0.1, 0.15) is 25.1 Å². The first-order valence-electron chi connectivity index (χ1n) is 6.08. The Balaban J connectivity index is 2.50. The summed E-state index contributed by atoms with van der Waals surface area (Å²) in [5.74, 6) is 0.106. The SMILES string of the molecule is Cc1ccc2c(c1)cc(CS(=O)(=O)C(C)C)n2C. The van der Waals surface area contributed by atoms with Crippen LogP contribution in [0, 0.1) is 6.92 Å². The number of nitrogens with zero attached hydrogens (tertiary/aromatic N) is 1. The molecule has 0 fully saturated rings. The minimum Gasteiger partial charge on any atom is -0.347 e. The van der Waals surface area contributed by atoms with Gasteiger partial charge < -0.3 is 4.57 Å². The topological polar surface area (TPSA) is 39.1 Å². The quantitative estimate of drug-likeness (QED) is 0.856. The third kappa shape index (κ3) is 2.29. The van der Waals surface area contributed by atoms with E-state index in [2.05, 4.69) is 6.07 Å². The van der Waals surface area contributed by atoms with Crippen molar-refractivity contribution in [2.75, 3.05) is 0 Å². The fourth-order valence-corrected chi connectivity index (χ4v) is 3.06. The zero-order valence-electron chi connectivity index (χ0n) is 11.3.